The fourth-order valence-electron chi connectivity index (χ4n) is 0.890. The molecule has 0 atom stereocenters. The third-order valence-electron chi connectivity index (χ3n) is 1.48. The van der Waals surface area contributed by atoms with Crippen molar-refractivity contribution in [2.45, 2.75) is 12.6 Å². The van der Waals surface area contributed by atoms with Crippen molar-refractivity contribution in [3.05, 3.63) is 35.9 Å². The standard InChI is InChI=1S/C11H7F3O/c12-11(13,14)8-10(15)7-6-9-4-2-1-3-5-9/h1-5H,8H2. The first kappa shape index (κ1) is 11.3. The Balaban J connectivity index is 2.64. The second-order valence-corrected chi connectivity index (χ2v) is 2.83. The summed E-state index contributed by atoms with van der Waals surface area (Å²) in [7, 11) is 0. The summed E-state index contributed by atoms with van der Waals surface area (Å²) in [4.78, 5) is 10.7. The molecule has 1 aromatic carbocycles. The van der Waals surface area contributed by atoms with Gasteiger partial charge in [0.2, 0.25) is 5.78 Å². The van der Waals surface area contributed by atoms with Crippen LogP contribution in [0.15, 0.2) is 30.3 Å². The Hall–Kier alpha value is -1.76. The van der Waals surface area contributed by atoms with E-state index in [1.54, 1.807) is 30.3 Å². The van der Waals surface area contributed by atoms with Crippen molar-refractivity contribution < 1.29 is 18.0 Å². The van der Waals surface area contributed by atoms with Gasteiger partial charge in [-0.05, 0) is 18.1 Å². The van der Waals surface area contributed by atoms with Gasteiger partial charge in [0, 0.05) is 5.56 Å². The van der Waals surface area contributed by atoms with Crippen molar-refractivity contribution in [1.29, 1.82) is 0 Å². The molecule has 0 saturated heterocycles. The highest BCUT2D eigenvalue weighted by atomic mass is 19.4. The number of ketones is 1. The molecule has 1 aromatic rings. The van der Waals surface area contributed by atoms with Crippen LogP contribution in [0.1, 0.15) is 12.0 Å². The number of benzene rings is 1. The monoisotopic (exact) mass is 212 g/mol. The minimum Gasteiger partial charge on any atom is -0.285 e. The topological polar surface area (TPSA) is 17.1 Å². The van der Waals surface area contributed by atoms with Gasteiger partial charge < -0.3 is 0 Å². The molecule has 0 aliphatic rings. The predicted molar refractivity (Wildman–Crippen MR) is 49.0 cm³/mol. The molecule has 1 nitrogen and oxygen atoms in total. The Morgan fingerprint density at radius 3 is 2.33 bits per heavy atom. The number of halogens is 3. The van der Waals surface area contributed by atoms with Crippen molar-refractivity contribution >= 4 is 5.78 Å². The van der Waals surface area contributed by atoms with Crippen LogP contribution in [0.3, 0.4) is 0 Å². The lowest BCUT2D eigenvalue weighted by Crippen LogP contribution is -2.13. The second kappa shape index (κ2) is 4.65. The van der Waals surface area contributed by atoms with Crippen molar-refractivity contribution in [1.82, 2.24) is 0 Å². The third kappa shape index (κ3) is 4.87. The lowest BCUT2D eigenvalue weighted by Gasteiger charge is -1.99. The first-order chi connectivity index (χ1) is 6.97. The number of alkyl halides is 3. The summed E-state index contributed by atoms with van der Waals surface area (Å²) in [5.41, 5.74) is 0.521. The Morgan fingerprint density at radius 2 is 1.80 bits per heavy atom. The van der Waals surface area contributed by atoms with Crippen LogP contribution >= 0.6 is 0 Å². The highest BCUT2D eigenvalue weighted by Crippen LogP contribution is 2.19. The zero-order valence-electron chi connectivity index (χ0n) is 7.64. The van der Waals surface area contributed by atoms with Crippen LogP contribution in [0.5, 0.6) is 0 Å². The van der Waals surface area contributed by atoms with E-state index in [-0.39, 0.29) is 0 Å². The van der Waals surface area contributed by atoms with E-state index in [4.69, 9.17) is 0 Å². The molecule has 0 aliphatic heterocycles. The summed E-state index contributed by atoms with van der Waals surface area (Å²) in [5.74, 6) is 3.19. The van der Waals surface area contributed by atoms with Crippen molar-refractivity contribution in [2.75, 3.05) is 0 Å². The van der Waals surface area contributed by atoms with Gasteiger partial charge in [0.15, 0.2) is 0 Å². The molecule has 0 bridgehead atoms. The van der Waals surface area contributed by atoms with Gasteiger partial charge >= 0.3 is 6.18 Å². The molecule has 0 aliphatic carbocycles. The molecular weight excluding hydrogens is 205 g/mol. The summed E-state index contributed by atoms with van der Waals surface area (Å²) in [5, 5.41) is 0. The summed E-state index contributed by atoms with van der Waals surface area (Å²) in [6.45, 7) is 0. The first-order valence-corrected chi connectivity index (χ1v) is 4.14. The molecule has 0 amide bonds. The average Bonchev–Trinajstić information content (AvgIpc) is 2.14. The molecule has 0 heterocycles. The van der Waals surface area contributed by atoms with Crippen LogP contribution in [-0.2, 0) is 4.79 Å². The van der Waals surface area contributed by atoms with E-state index in [1.165, 1.54) is 0 Å². The third-order valence-corrected chi connectivity index (χ3v) is 1.48. The SMILES string of the molecule is O=C(C#Cc1ccccc1)CC(F)(F)F. The van der Waals surface area contributed by atoms with Gasteiger partial charge in [-0.15, -0.1) is 0 Å². The van der Waals surface area contributed by atoms with Gasteiger partial charge in [-0.2, -0.15) is 13.2 Å². The molecule has 0 radical (unpaired) electrons. The normalized spacial score (nSPS) is 10.3. The van der Waals surface area contributed by atoms with E-state index in [0.717, 1.165) is 0 Å². The number of carbonyl (C=O) groups is 1. The average molecular weight is 212 g/mol. The molecule has 1 rings (SSSR count). The van der Waals surface area contributed by atoms with E-state index in [0.29, 0.717) is 5.56 Å². The summed E-state index contributed by atoms with van der Waals surface area (Å²) < 4.78 is 35.2. The van der Waals surface area contributed by atoms with Crippen LogP contribution in [-0.4, -0.2) is 12.0 Å². The van der Waals surface area contributed by atoms with E-state index >= 15 is 0 Å². The minimum atomic E-state index is -4.48. The number of carbonyl (C=O) groups excluding carboxylic acids is 1. The predicted octanol–water partition coefficient (Wildman–Crippen LogP) is 2.56. The molecule has 0 spiro atoms. The molecular formula is C11H7F3O. The maximum atomic E-state index is 11.7. The van der Waals surface area contributed by atoms with Gasteiger partial charge in [0.1, 0.15) is 6.42 Å². The van der Waals surface area contributed by atoms with Gasteiger partial charge in [-0.3, -0.25) is 4.79 Å². The maximum Gasteiger partial charge on any atom is 0.396 e. The minimum absolute atomic E-state index is 0.521. The van der Waals surface area contributed by atoms with Crippen LogP contribution in [0.4, 0.5) is 13.2 Å². The molecule has 0 N–H and O–H groups in total. The molecule has 0 saturated carbocycles. The molecule has 4 heteroatoms. The fraction of sp³-hybridized carbons (Fsp3) is 0.182. The molecule has 0 fully saturated rings. The maximum absolute atomic E-state index is 11.7. The van der Waals surface area contributed by atoms with Crippen molar-refractivity contribution in [2.24, 2.45) is 0 Å². The number of rotatable bonds is 1. The van der Waals surface area contributed by atoms with Gasteiger partial charge in [-0.1, -0.05) is 24.1 Å². The quantitative estimate of drug-likeness (QED) is 0.654. The van der Waals surface area contributed by atoms with Crippen LogP contribution in [0, 0.1) is 11.8 Å². The van der Waals surface area contributed by atoms with Crippen LogP contribution in [0.2, 0.25) is 0 Å². The summed E-state index contributed by atoms with van der Waals surface area (Å²) >= 11 is 0. The van der Waals surface area contributed by atoms with Gasteiger partial charge in [0.25, 0.3) is 0 Å². The van der Waals surface area contributed by atoms with Gasteiger partial charge in [0.05, 0.1) is 0 Å². The molecule has 0 aromatic heterocycles. The summed E-state index contributed by atoms with van der Waals surface area (Å²) in [6, 6.07) is 8.38. The number of hydrogen-bond donors (Lipinski definition) is 0. The Morgan fingerprint density at radius 1 is 1.20 bits per heavy atom. The molecule has 0 unspecified atom stereocenters. The van der Waals surface area contributed by atoms with Crippen LogP contribution in [0.25, 0.3) is 0 Å². The number of hydrogen-bond acceptors (Lipinski definition) is 1. The highest BCUT2D eigenvalue weighted by molar-refractivity contribution is 5.96. The highest BCUT2D eigenvalue weighted by Gasteiger charge is 2.30. The Bertz CT molecular complexity index is 395. The Kier molecular flexibility index (Phi) is 3.51. The molecule has 15 heavy (non-hydrogen) atoms. The largest absolute Gasteiger partial charge is 0.396 e. The second-order valence-electron chi connectivity index (χ2n) is 2.83. The van der Waals surface area contributed by atoms with E-state index in [9.17, 15) is 18.0 Å². The van der Waals surface area contributed by atoms with E-state index in [1.807, 2.05) is 5.92 Å². The van der Waals surface area contributed by atoms with E-state index in [2.05, 4.69) is 5.92 Å². The van der Waals surface area contributed by atoms with E-state index < -0.39 is 18.4 Å². The van der Waals surface area contributed by atoms with Gasteiger partial charge in [-0.25, -0.2) is 0 Å². The van der Waals surface area contributed by atoms with Crippen molar-refractivity contribution in [3.8, 4) is 11.8 Å². The fourth-order valence-corrected chi connectivity index (χ4v) is 0.890. The smallest absolute Gasteiger partial charge is 0.285 e. The lowest BCUT2D eigenvalue weighted by molar-refractivity contribution is -0.148. The van der Waals surface area contributed by atoms with Crippen molar-refractivity contribution in [3.63, 3.8) is 0 Å². The van der Waals surface area contributed by atoms with Crippen LogP contribution < -0.4 is 0 Å². The number of Topliss-reactive ketones (excluding diaryl/α,β-unsaturated/α-hetero) is 1. The summed E-state index contributed by atoms with van der Waals surface area (Å²) in [6.07, 6.45) is -5.98. The zero-order valence-corrected chi connectivity index (χ0v) is 7.64. The first-order valence-electron chi connectivity index (χ1n) is 4.14. The Labute approximate surface area is 84.9 Å². The lowest BCUT2D eigenvalue weighted by atomic mass is 10.2. The zero-order chi connectivity index (χ0) is 11.3. The molecule has 78 valence electrons.